The molecule has 0 saturated carbocycles. The largest absolute Gasteiger partial charge is 0.462 e. The predicted molar refractivity (Wildman–Crippen MR) is 166 cm³/mol. The number of thiazole rings is 1. The smallest absolute Gasteiger partial charge is 0.341 e. The quantitative estimate of drug-likeness (QED) is 0.285. The molecule has 0 aliphatic heterocycles. The number of carbonyl (C=O) groups excluding carboxylic acids is 4. The van der Waals surface area contributed by atoms with Crippen LogP contribution in [0.25, 0.3) is 10.2 Å². The molecule has 1 atom stereocenters. The number of rotatable bonds is 12. The van der Waals surface area contributed by atoms with Gasteiger partial charge in [-0.25, -0.2) is 9.59 Å². The third-order valence-corrected chi connectivity index (χ3v) is 9.76. The van der Waals surface area contributed by atoms with Gasteiger partial charge in [0.05, 0.1) is 52.7 Å². The van der Waals surface area contributed by atoms with E-state index in [4.69, 9.17) is 14.2 Å². The van der Waals surface area contributed by atoms with Gasteiger partial charge < -0.3 is 24.1 Å². The van der Waals surface area contributed by atoms with Crippen molar-refractivity contribution < 1.29 is 33.4 Å². The Hall–Kier alpha value is -3.00. The number of hydrogen-bond acceptors (Lipinski definition) is 10. The number of thiophene rings is 1. The zero-order valence-corrected chi connectivity index (χ0v) is 26.6. The molecule has 10 nitrogen and oxygen atoms in total. The first-order valence-electron chi connectivity index (χ1n) is 13.8. The highest BCUT2D eigenvalue weighted by Crippen LogP contribution is 2.40. The summed E-state index contributed by atoms with van der Waals surface area (Å²) in [6.07, 6.45) is 2.65. The number of benzene rings is 1. The monoisotopic (exact) mass is 633 g/mol. The molecule has 0 radical (unpaired) electrons. The van der Waals surface area contributed by atoms with Crippen LogP contribution < -0.4 is 10.1 Å². The minimum absolute atomic E-state index is 0.00318. The summed E-state index contributed by atoms with van der Waals surface area (Å²) in [6, 6.07) is 5.23. The molecule has 2 aromatic heterocycles. The summed E-state index contributed by atoms with van der Waals surface area (Å²) in [5.74, 6) is -0.954. The first-order chi connectivity index (χ1) is 20.2. The van der Waals surface area contributed by atoms with Crippen LogP contribution in [0.4, 0.5) is 5.00 Å². The summed E-state index contributed by atoms with van der Waals surface area (Å²) in [7, 11) is 1.60. The van der Waals surface area contributed by atoms with Crippen molar-refractivity contribution in [3.63, 3.8) is 0 Å². The van der Waals surface area contributed by atoms with Crippen LogP contribution in [0.2, 0.25) is 0 Å². The van der Waals surface area contributed by atoms with Gasteiger partial charge in [-0.1, -0.05) is 18.3 Å². The highest BCUT2D eigenvalue weighted by atomic mass is 32.2. The first-order valence-corrected chi connectivity index (χ1v) is 16.6. The van der Waals surface area contributed by atoms with Crippen LogP contribution in [-0.4, -0.2) is 66.8 Å². The number of carbonyl (C=O) groups is 4. The van der Waals surface area contributed by atoms with Crippen LogP contribution in [0.5, 0.6) is 0 Å². The number of nitrogens with one attached hydrogen (secondary N) is 1. The Labute approximate surface area is 256 Å². The summed E-state index contributed by atoms with van der Waals surface area (Å²) in [4.78, 5) is 56.4. The highest BCUT2D eigenvalue weighted by Gasteiger charge is 2.29. The van der Waals surface area contributed by atoms with E-state index in [1.807, 2.05) is 10.6 Å². The summed E-state index contributed by atoms with van der Waals surface area (Å²) in [6.45, 7) is 7.12. The lowest BCUT2D eigenvalue weighted by Gasteiger charge is -2.18. The number of esters is 2. The third kappa shape index (κ3) is 7.68. The van der Waals surface area contributed by atoms with E-state index < -0.39 is 11.9 Å². The first kappa shape index (κ1) is 31.9. The molecule has 2 amide bonds. The Morgan fingerprint density at radius 3 is 2.60 bits per heavy atom. The molecule has 3 aromatic rings. The van der Waals surface area contributed by atoms with Gasteiger partial charge in [-0.15, -0.1) is 23.1 Å². The minimum Gasteiger partial charge on any atom is -0.462 e. The van der Waals surface area contributed by atoms with Crippen LogP contribution in [0.15, 0.2) is 23.2 Å². The van der Waals surface area contributed by atoms with Crippen LogP contribution in [0, 0.1) is 5.92 Å². The molecule has 4 rings (SSSR count). The van der Waals surface area contributed by atoms with Crippen molar-refractivity contribution in [3.8, 4) is 0 Å². The van der Waals surface area contributed by atoms with Crippen molar-refractivity contribution in [2.75, 3.05) is 43.8 Å². The molecule has 226 valence electrons. The zero-order valence-electron chi connectivity index (χ0n) is 24.2. The fourth-order valence-electron chi connectivity index (χ4n) is 4.69. The lowest BCUT2D eigenvalue weighted by Crippen LogP contribution is -2.20. The molecule has 42 heavy (non-hydrogen) atoms. The number of amides is 2. The van der Waals surface area contributed by atoms with Crippen molar-refractivity contribution in [1.29, 1.82) is 0 Å². The molecule has 0 saturated heterocycles. The number of anilines is 1. The van der Waals surface area contributed by atoms with E-state index >= 15 is 0 Å². The van der Waals surface area contributed by atoms with Crippen molar-refractivity contribution in [3.05, 3.63) is 44.6 Å². The average Bonchev–Trinajstić information content (AvgIpc) is 3.47. The van der Waals surface area contributed by atoms with E-state index in [2.05, 4.69) is 17.2 Å². The van der Waals surface area contributed by atoms with Gasteiger partial charge in [0.2, 0.25) is 5.91 Å². The van der Waals surface area contributed by atoms with Gasteiger partial charge in [-0.3, -0.25) is 9.59 Å². The summed E-state index contributed by atoms with van der Waals surface area (Å²) in [5.41, 5.74) is 2.70. The highest BCUT2D eigenvalue weighted by molar-refractivity contribution is 8.00. The maximum absolute atomic E-state index is 12.8. The second kappa shape index (κ2) is 14.9. The van der Waals surface area contributed by atoms with Gasteiger partial charge in [0, 0.05) is 18.5 Å². The summed E-state index contributed by atoms with van der Waals surface area (Å²) >= 11 is 3.89. The van der Waals surface area contributed by atoms with E-state index in [9.17, 15) is 19.2 Å². The van der Waals surface area contributed by atoms with Gasteiger partial charge in [-0.2, -0.15) is 4.99 Å². The van der Waals surface area contributed by atoms with Crippen molar-refractivity contribution >= 4 is 73.4 Å². The Bertz CT molecular complexity index is 1540. The number of methoxy groups -OCH3 is 1. The number of aromatic nitrogens is 1. The molecule has 1 aromatic carbocycles. The lowest BCUT2D eigenvalue weighted by atomic mass is 9.88. The Morgan fingerprint density at radius 1 is 1.10 bits per heavy atom. The van der Waals surface area contributed by atoms with Crippen molar-refractivity contribution in [1.82, 2.24) is 4.57 Å². The topological polar surface area (TPSA) is 125 Å². The SMILES string of the molecule is CCOC(=O)c1ccc2c(c1)sc(=NC(=O)CSCC(=O)Nc1sc3c(c1C(=O)OCC)CCC(C)C3)n2CCOC. The molecular weight excluding hydrogens is 599 g/mol. The van der Waals surface area contributed by atoms with Crippen LogP contribution in [-0.2, 0) is 43.2 Å². The van der Waals surface area contributed by atoms with Crippen LogP contribution >= 0.6 is 34.4 Å². The van der Waals surface area contributed by atoms with Gasteiger partial charge in [0.15, 0.2) is 4.80 Å². The Balaban J connectivity index is 1.44. The van der Waals surface area contributed by atoms with Gasteiger partial charge in [0.1, 0.15) is 5.00 Å². The number of nitrogens with zero attached hydrogens (tertiary/aromatic N) is 2. The van der Waals surface area contributed by atoms with Crippen LogP contribution in [0.3, 0.4) is 0 Å². The number of fused-ring (bicyclic) bond motifs is 2. The average molecular weight is 634 g/mol. The molecule has 1 aliphatic carbocycles. The molecule has 0 bridgehead atoms. The molecule has 1 aliphatic rings. The predicted octanol–water partition coefficient (Wildman–Crippen LogP) is 4.69. The van der Waals surface area contributed by atoms with E-state index in [0.29, 0.717) is 40.0 Å². The molecular formula is C29H35N3O7S3. The maximum Gasteiger partial charge on any atom is 0.341 e. The second-order valence-corrected chi connectivity index (χ2v) is 12.9. The minimum atomic E-state index is -0.416. The number of ether oxygens (including phenoxy) is 3. The second-order valence-electron chi connectivity index (χ2n) is 9.75. The lowest BCUT2D eigenvalue weighted by molar-refractivity contribution is -0.115. The Kier molecular flexibility index (Phi) is 11.4. The standard InChI is InChI=1S/C29H35N3O7S3/c1-5-38-27(35)18-8-10-20-22(14-18)42-29(32(20)11-12-37-4)31-24(34)16-40-15-23(33)30-26-25(28(36)39-6-2)19-9-7-17(3)13-21(19)41-26/h8,10,14,17H,5-7,9,11-13,15-16H2,1-4H3,(H,30,33). The summed E-state index contributed by atoms with van der Waals surface area (Å²) in [5, 5.41) is 3.40. The molecule has 13 heteroatoms. The number of hydrogen-bond donors (Lipinski definition) is 1. The normalized spacial score (nSPS) is 15.0. The van der Waals surface area contributed by atoms with Crippen molar-refractivity contribution in [2.45, 2.75) is 46.6 Å². The van der Waals surface area contributed by atoms with E-state index in [1.165, 1.54) is 22.7 Å². The van der Waals surface area contributed by atoms with Gasteiger partial charge in [0.25, 0.3) is 5.91 Å². The fourth-order valence-corrected chi connectivity index (χ4v) is 7.82. The van der Waals surface area contributed by atoms with E-state index in [1.54, 1.807) is 33.1 Å². The van der Waals surface area contributed by atoms with Crippen molar-refractivity contribution in [2.24, 2.45) is 10.9 Å². The molecule has 0 spiro atoms. The molecule has 2 heterocycles. The summed E-state index contributed by atoms with van der Waals surface area (Å²) < 4.78 is 18.3. The molecule has 1 N–H and O–H groups in total. The van der Waals surface area contributed by atoms with Gasteiger partial charge in [-0.05, 0) is 62.8 Å². The van der Waals surface area contributed by atoms with E-state index in [-0.39, 0.29) is 36.5 Å². The molecule has 0 fully saturated rings. The fraction of sp³-hybridized carbons (Fsp3) is 0.483. The van der Waals surface area contributed by atoms with Crippen LogP contribution in [0.1, 0.15) is 58.3 Å². The zero-order chi connectivity index (χ0) is 30.2. The van der Waals surface area contributed by atoms with E-state index in [0.717, 1.165) is 51.7 Å². The van der Waals surface area contributed by atoms with Gasteiger partial charge >= 0.3 is 11.9 Å². The molecule has 1 unspecified atom stereocenters. The maximum atomic E-state index is 12.8. The third-order valence-electron chi connectivity index (χ3n) is 6.64. The number of thioether (sulfide) groups is 1. The Morgan fingerprint density at radius 2 is 1.86 bits per heavy atom.